The van der Waals surface area contributed by atoms with Crippen molar-refractivity contribution in [3.8, 4) is 0 Å². The smallest absolute Gasteiger partial charge is 0.173 e. The molecular weight excluding hydrogens is 277 g/mol. The zero-order chi connectivity index (χ0) is 13.2. The molecule has 1 heterocycles. The lowest BCUT2D eigenvalue weighted by molar-refractivity contribution is -0.688. The molecule has 0 aliphatic heterocycles. The third-order valence-electron chi connectivity index (χ3n) is 3.69. The Morgan fingerprint density at radius 3 is 2.53 bits per heavy atom. The second-order valence-electron chi connectivity index (χ2n) is 5.12. The molecule has 1 nitrogen and oxygen atoms in total. The van der Waals surface area contributed by atoms with Crippen molar-refractivity contribution < 1.29 is 4.57 Å². The molecule has 19 heavy (non-hydrogen) atoms. The number of hydrogen-bond acceptors (Lipinski definition) is 0. The van der Waals surface area contributed by atoms with Gasteiger partial charge in [0.2, 0.25) is 0 Å². The molecule has 1 aliphatic carbocycles. The fourth-order valence-electron chi connectivity index (χ4n) is 2.67. The highest BCUT2D eigenvalue weighted by Crippen LogP contribution is 2.23. The lowest BCUT2D eigenvalue weighted by Crippen LogP contribution is -2.34. The van der Waals surface area contributed by atoms with Gasteiger partial charge in [-0.25, -0.2) is 4.57 Å². The minimum atomic E-state index is 0.612. The topological polar surface area (TPSA) is 3.88 Å². The molecule has 0 radical (unpaired) electrons. The van der Waals surface area contributed by atoms with Crippen molar-refractivity contribution in [2.45, 2.75) is 32.2 Å². The van der Waals surface area contributed by atoms with Crippen LogP contribution in [0, 0.1) is 0 Å². The maximum absolute atomic E-state index is 6.05. The first-order chi connectivity index (χ1) is 9.22. The number of aromatic nitrogens is 1. The van der Waals surface area contributed by atoms with Gasteiger partial charge >= 0.3 is 0 Å². The summed E-state index contributed by atoms with van der Waals surface area (Å²) in [6.45, 7) is 0.837. The Bertz CT molecular complexity index is 608. The van der Waals surface area contributed by atoms with E-state index in [1.165, 1.54) is 42.4 Å². The first-order valence-electron chi connectivity index (χ1n) is 6.67. The zero-order valence-electron chi connectivity index (χ0n) is 10.7. The zero-order valence-corrected chi connectivity index (χ0v) is 12.2. The Morgan fingerprint density at radius 2 is 1.74 bits per heavy atom. The number of nitrogens with zero attached hydrogens (tertiary/aromatic N) is 1. The number of benzene rings is 1. The van der Waals surface area contributed by atoms with Gasteiger partial charge in [0, 0.05) is 17.2 Å². The summed E-state index contributed by atoms with van der Waals surface area (Å²) >= 11 is 12.0. The Hall–Kier alpha value is -1.05. The van der Waals surface area contributed by atoms with Crippen molar-refractivity contribution >= 4 is 23.2 Å². The van der Waals surface area contributed by atoms with Crippen LogP contribution in [0.25, 0.3) is 0 Å². The number of pyridine rings is 1. The summed E-state index contributed by atoms with van der Waals surface area (Å²) in [5.74, 6) is 0. The van der Waals surface area contributed by atoms with Gasteiger partial charge in [-0.1, -0.05) is 29.3 Å². The summed E-state index contributed by atoms with van der Waals surface area (Å²) < 4.78 is 2.23. The molecule has 0 saturated heterocycles. The first-order valence-corrected chi connectivity index (χ1v) is 7.43. The lowest BCUT2D eigenvalue weighted by Gasteiger charge is -2.13. The van der Waals surface area contributed by atoms with Crippen molar-refractivity contribution in [3.63, 3.8) is 0 Å². The summed E-state index contributed by atoms with van der Waals surface area (Å²) in [5.41, 5.74) is 4.18. The molecule has 0 saturated carbocycles. The molecule has 3 heteroatoms. The molecular formula is C16H16Cl2N+. The Labute approximate surface area is 123 Å². The summed E-state index contributed by atoms with van der Waals surface area (Å²) in [7, 11) is 0. The van der Waals surface area contributed by atoms with E-state index < -0.39 is 0 Å². The van der Waals surface area contributed by atoms with Crippen molar-refractivity contribution in [1.82, 2.24) is 0 Å². The Balaban J connectivity index is 1.84. The SMILES string of the molecule is Clc1ccc(C[n+]2ccc3c(c2)CCCC3)cc1Cl. The van der Waals surface area contributed by atoms with Crippen molar-refractivity contribution in [2.75, 3.05) is 0 Å². The molecule has 1 aliphatic rings. The van der Waals surface area contributed by atoms with Gasteiger partial charge in [-0.2, -0.15) is 0 Å². The van der Waals surface area contributed by atoms with Gasteiger partial charge in [0.25, 0.3) is 0 Å². The van der Waals surface area contributed by atoms with Gasteiger partial charge in [-0.3, -0.25) is 0 Å². The molecule has 0 spiro atoms. The number of fused-ring (bicyclic) bond motifs is 1. The maximum Gasteiger partial charge on any atom is 0.173 e. The lowest BCUT2D eigenvalue weighted by atomic mass is 9.93. The Morgan fingerprint density at radius 1 is 0.947 bits per heavy atom. The van der Waals surface area contributed by atoms with E-state index in [1.54, 1.807) is 0 Å². The van der Waals surface area contributed by atoms with Crippen molar-refractivity contribution in [2.24, 2.45) is 0 Å². The molecule has 3 rings (SSSR count). The third-order valence-corrected chi connectivity index (χ3v) is 4.43. The minimum Gasteiger partial charge on any atom is -0.200 e. The van der Waals surface area contributed by atoms with Gasteiger partial charge in [0.05, 0.1) is 10.0 Å². The average Bonchev–Trinajstić information content (AvgIpc) is 2.43. The highest BCUT2D eigenvalue weighted by molar-refractivity contribution is 6.42. The van der Waals surface area contributed by atoms with E-state index in [9.17, 15) is 0 Å². The van der Waals surface area contributed by atoms with Crippen LogP contribution in [0.2, 0.25) is 10.0 Å². The molecule has 98 valence electrons. The summed E-state index contributed by atoms with van der Waals surface area (Å²) in [4.78, 5) is 0. The van der Waals surface area contributed by atoms with Crippen LogP contribution >= 0.6 is 23.2 Å². The van der Waals surface area contributed by atoms with Crippen LogP contribution < -0.4 is 4.57 Å². The highest BCUT2D eigenvalue weighted by atomic mass is 35.5. The summed E-state index contributed by atoms with van der Waals surface area (Å²) in [5, 5.41) is 1.23. The van der Waals surface area contributed by atoms with Crippen molar-refractivity contribution in [1.29, 1.82) is 0 Å². The number of hydrogen-bond donors (Lipinski definition) is 0. The molecule has 2 aromatic rings. The van der Waals surface area contributed by atoms with Gasteiger partial charge in [0.15, 0.2) is 18.9 Å². The van der Waals surface area contributed by atoms with Crippen LogP contribution in [0.5, 0.6) is 0 Å². The van der Waals surface area contributed by atoms with Crippen molar-refractivity contribution in [3.05, 3.63) is 63.4 Å². The second kappa shape index (κ2) is 5.52. The monoisotopic (exact) mass is 292 g/mol. The second-order valence-corrected chi connectivity index (χ2v) is 5.94. The quantitative estimate of drug-likeness (QED) is 0.730. The molecule has 1 aromatic carbocycles. The van der Waals surface area contributed by atoms with E-state index in [0.29, 0.717) is 10.0 Å². The van der Waals surface area contributed by atoms with E-state index in [-0.39, 0.29) is 0 Å². The summed E-state index contributed by atoms with van der Waals surface area (Å²) in [6, 6.07) is 8.08. The Kier molecular flexibility index (Phi) is 3.76. The molecule has 0 unspecified atom stereocenters. The molecule has 0 N–H and O–H groups in total. The number of halogens is 2. The molecule has 0 fully saturated rings. The third kappa shape index (κ3) is 2.93. The maximum atomic E-state index is 6.05. The van der Waals surface area contributed by atoms with Crippen LogP contribution in [0.4, 0.5) is 0 Å². The van der Waals surface area contributed by atoms with E-state index in [1.807, 2.05) is 18.2 Å². The highest BCUT2D eigenvalue weighted by Gasteiger charge is 2.14. The number of rotatable bonds is 2. The largest absolute Gasteiger partial charge is 0.200 e. The minimum absolute atomic E-state index is 0.612. The van der Waals surface area contributed by atoms with E-state index >= 15 is 0 Å². The normalized spacial score (nSPS) is 14.2. The summed E-state index contributed by atoms with van der Waals surface area (Å²) in [6.07, 6.45) is 9.50. The van der Waals surface area contributed by atoms with Crippen LogP contribution in [-0.2, 0) is 19.4 Å². The standard InChI is InChI=1S/C16H16Cl2N/c17-15-6-5-12(9-16(15)18)10-19-8-7-13-3-1-2-4-14(13)11-19/h5-9,11H,1-4,10H2/q+1. The molecule has 0 bridgehead atoms. The number of aryl methyl sites for hydroxylation is 2. The van der Waals surface area contributed by atoms with Gasteiger partial charge in [0.1, 0.15) is 0 Å². The van der Waals surface area contributed by atoms with Gasteiger partial charge in [-0.05, 0) is 43.4 Å². The van der Waals surface area contributed by atoms with Crippen LogP contribution in [0.3, 0.4) is 0 Å². The van der Waals surface area contributed by atoms with Crippen LogP contribution in [-0.4, -0.2) is 0 Å². The average molecular weight is 293 g/mol. The fourth-order valence-corrected chi connectivity index (χ4v) is 2.99. The molecule has 0 amide bonds. The van der Waals surface area contributed by atoms with Crippen LogP contribution in [0.1, 0.15) is 29.5 Å². The molecule has 1 aromatic heterocycles. The fraction of sp³-hybridized carbons (Fsp3) is 0.312. The predicted octanol–water partition coefficient (Wildman–Crippen LogP) is 4.21. The first kappa shape index (κ1) is 13.0. The van der Waals surface area contributed by atoms with Gasteiger partial charge < -0.3 is 0 Å². The van der Waals surface area contributed by atoms with E-state index in [2.05, 4.69) is 23.0 Å². The predicted molar refractivity (Wildman–Crippen MR) is 78.8 cm³/mol. The van der Waals surface area contributed by atoms with E-state index in [4.69, 9.17) is 23.2 Å². The molecule has 0 atom stereocenters. The van der Waals surface area contributed by atoms with Crippen LogP contribution in [0.15, 0.2) is 36.7 Å². The van der Waals surface area contributed by atoms with Gasteiger partial charge in [-0.15, -0.1) is 0 Å². The van der Waals surface area contributed by atoms with E-state index in [0.717, 1.165) is 6.54 Å².